The Morgan fingerprint density at radius 1 is 1.25 bits per heavy atom. The van der Waals surface area contributed by atoms with E-state index in [1.807, 2.05) is 19.1 Å². The third kappa shape index (κ3) is 2.93. The van der Waals surface area contributed by atoms with E-state index in [4.69, 9.17) is 28.5 Å². The van der Waals surface area contributed by atoms with Gasteiger partial charge in [0.15, 0.2) is 0 Å². The van der Waals surface area contributed by atoms with Crippen molar-refractivity contribution in [1.29, 1.82) is 5.26 Å². The molecule has 0 heterocycles. The number of hydrogen-bond donors (Lipinski definition) is 1. The zero-order valence-electron chi connectivity index (χ0n) is 10.6. The molecule has 0 aliphatic carbocycles. The molecule has 100 valence electrons. The molecule has 0 bridgehead atoms. The number of hydrogen-bond acceptors (Lipinski definition) is 2. The number of rotatable bonds is 2. The number of nitrogens with zero attached hydrogens (tertiary/aromatic N) is 1. The molecule has 2 rings (SSSR count). The van der Waals surface area contributed by atoms with Gasteiger partial charge in [0.05, 0.1) is 32.9 Å². The predicted molar refractivity (Wildman–Crippen MR) is 80.3 cm³/mol. The summed E-state index contributed by atoms with van der Waals surface area (Å²) in [5.74, 6) is -0.342. The molecule has 2 aromatic carbocycles. The average Bonchev–Trinajstić information content (AvgIpc) is 2.44. The molecule has 0 unspecified atom stereocenters. The molecule has 5 heteroatoms. The van der Waals surface area contributed by atoms with Crippen LogP contribution in [0, 0.1) is 18.3 Å². The van der Waals surface area contributed by atoms with E-state index in [1.165, 1.54) is 6.07 Å². The van der Waals surface area contributed by atoms with Gasteiger partial charge in [-0.05, 0) is 36.8 Å². The molecule has 1 amide bonds. The maximum Gasteiger partial charge on any atom is 0.257 e. The van der Waals surface area contributed by atoms with Gasteiger partial charge >= 0.3 is 0 Å². The average molecular weight is 305 g/mol. The topological polar surface area (TPSA) is 52.9 Å². The molecule has 0 radical (unpaired) electrons. The highest BCUT2D eigenvalue weighted by Crippen LogP contribution is 2.25. The van der Waals surface area contributed by atoms with Crippen LogP contribution in [0.2, 0.25) is 10.0 Å². The maximum absolute atomic E-state index is 12.2. The van der Waals surface area contributed by atoms with Crippen LogP contribution in [0.25, 0.3) is 0 Å². The normalized spacial score (nSPS) is 9.90. The number of carbonyl (C=O) groups is 1. The van der Waals surface area contributed by atoms with Crippen molar-refractivity contribution >= 4 is 34.8 Å². The lowest BCUT2D eigenvalue weighted by molar-refractivity contribution is 0.102. The van der Waals surface area contributed by atoms with E-state index in [0.717, 1.165) is 5.56 Å². The first-order chi connectivity index (χ1) is 9.52. The summed E-state index contributed by atoms with van der Waals surface area (Å²) in [6, 6.07) is 11.9. The van der Waals surface area contributed by atoms with Gasteiger partial charge in [0.1, 0.15) is 0 Å². The number of benzene rings is 2. The van der Waals surface area contributed by atoms with Crippen molar-refractivity contribution in [3.05, 3.63) is 63.1 Å². The number of nitrogens with one attached hydrogen (secondary N) is 1. The monoisotopic (exact) mass is 304 g/mol. The van der Waals surface area contributed by atoms with Crippen LogP contribution in [0.5, 0.6) is 0 Å². The van der Waals surface area contributed by atoms with Gasteiger partial charge in [-0.2, -0.15) is 5.26 Å². The van der Waals surface area contributed by atoms with Crippen LogP contribution >= 0.6 is 23.2 Å². The van der Waals surface area contributed by atoms with Gasteiger partial charge in [-0.25, -0.2) is 0 Å². The molecule has 3 nitrogen and oxygen atoms in total. The lowest BCUT2D eigenvalue weighted by atomic mass is 10.1. The Morgan fingerprint density at radius 2 is 2.00 bits per heavy atom. The molecular weight excluding hydrogens is 295 g/mol. The van der Waals surface area contributed by atoms with Crippen LogP contribution in [0.3, 0.4) is 0 Å². The second kappa shape index (κ2) is 5.96. The molecule has 0 atom stereocenters. The summed E-state index contributed by atoms with van der Waals surface area (Å²) < 4.78 is 0. The number of nitriles is 1. The molecule has 1 N–H and O–H groups in total. The van der Waals surface area contributed by atoms with Crippen molar-refractivity contribution in [3.8, 4) is 6.07 Å². The Balaban J connectivity index is 2.29. The largest absolute Gasteiger partial charge is 0.321 e. The van der Waals surface area contributed by atoms with E-state index in [-0.39, 0.29) is 5.91 Å². The SMILES string of the molecule is Cc1cccc(C(=O)Nc2ccc(C#N)cc2Cl)c1Cl. The van der Waals surface area contributed by atoms with Crippen molar-refractivity contribution in [2.75, 3.05) is 5.32 Å². The van der Waals surface area contributed by atoms with E-state index in [1.54, 1.807) is 24.3 Å². The molecule has 0 aromatic heterocycles. The third-order valence-corrected chi connectivity index (χ3v) is 3.60. The Bertz CT molecular complexity index is 720. The van der Waals surface area contributed by atoms with Gasteiger partial charge in [0.25, 0.3) is 5.91 Å². The smallest absolute Gasteiger partial charge is 0.257 e. The minimum Gasteiger partial charge on any atom is -0.321 e. The van der Waals surface area contributed by atoms with Crippen molar-refractivity contribution in [2.45, 2.75) is 6.92 Å². The van der Waals surface area contributed by atoms with E-state index >= 15 is 0 Å². The molecule has 0 saturated heterocycles. The second-order valence-corrected chi connectivity index (χ2v) is 4.98. The summed E-state index contributed by atoms with van der Waals surface area (Å²) in [4.78, 5) is 12.2. The van der Waals surface area contributed by atoms with Gasteiger partial charge in [-0.3, -0.25) is 4.79 Å². The third-order valence-electron chi connectivity index (χ3n) is 2.78. The zero-order valence-corrected chi connectivity index (χ0v) is 12.1. The number of carbonyl (C=O) groups excluding carboxylic acids is 1. The number of anilines is 1. The molecule has 0 aliphatic rings. The number of aryl methyl sites for hydroxylation is 1. The van der Waals surface area contributed by atoms with E-state index in [2.05, 4.69) is 5.32 Å². The van der Waals surface area contributed by atoms with Gasteiger partial charge < -0.3 is 5.32 Å². The van der Waals surface area contributed by atoms with Crippen molar-refractivity contribution < 1.29 is 4.79 Å². The Labute approximate surface area is 126 Å². The minimum atomic E-state index is -0.342. The predicted octanol–water partition coefficient (Wildman–Crippen LogP) is 4.43. The van der Waals surface area contributed by atoms with Gasteiger partial charge in [-0.1, -0.05) is 35.3 Å². The maximum atomic E-state index is 12.2. The van der Waals surface area contributed by atoms with Crippen molar-refractivity contribution in [1.82, 2.24) is 0 Å². The summed E-state index contributed by atoms with van der Waals surface area (Å²) >= 11 is 12.1. The van der Waals surface area contributed by atoms with Crippen LogP contribution in [-0.2, 0) is 0 Å². The summed E-state index contributed by atoms with van der Waals surface area (Å²) in [6.07, 6.45) is 0. The first-order valence-electron chi connectivity index (χ1n) is 5.79. The quantitative estimate of drug-likeness (QED) is 0.892. The fourth-order valence-electron chi connectivity index (χ4n) is 1.70. The molecular formula is C15H10Cl2N2O. The van der Waals surface area contributed by atoms with Gasteiger partial charge in [0, 0.05) is 0 Å². The van der Waals surface area contributed by atoms with E-state index < -0.39 is 0 Å². The Morgan fingerprint density at radius 3 is 2.65 bits per heavy atom. The Hall–Kier alpha value is -2.02. The molecule has 0 fully saturated rings. The lowest BCUT2D eigenvalue weighted by Gasteiger charge is -2.09. The lowest BCUT2D eigenvalue weighted by Crippen LogP contribution is -2.13. The molecule has 0 saturated carbocycles. The Kier molecular flexibility index (Phi) is 4.29. The summed E-state index contributed by atoms with van der Waals surface area (Å²) in [6.45, 7) is 1.83. The highest BCUT2D eigenvalue weighted by Gasteiger charge is 2.13. The highest BCUT2D eigenvalue weighted by atomic mass is 35.5. The van der Waals surface area contributed by atoms with E-state index in [9.17, 15) is 4.79 Å². The number of halogens is 2. The van der Waals surface area contributed by atoms with Crippen molar-refractivity contribution in [3.63, 3.8) is 0 Å². The fraction of sp³-hybridized carbons (Fsp3) is 0.0667. The molecule has 0 spiro atoms. The van der Waals surface area contributed by atoms with Crippen LogP contribution in [-0.4, -0.2) is 5.91 Å². The first-order valence-corrected chi connectivity index (χ1v) is 6.54. The van der Waals surface area contributed by atoms with Gasteiger partial charge in [-0.15, -0.1) is 0 Å². The number of amides is 1. The van der Waals surface area contributed by atoms with Crippen molar-refractivity contribution in [2.24, 2.45) is 0 Å². The zero-order chi connectivity index (χ0) is 14.7. The second-order valence-electron chi connectivity index (χ2n) is 4.20. The van der Waals surface area contributed by atoms with Crippen LogP contribution < -0.4 is 5.32 Å². The summed E-state index contributed by atoms with van der Waals surface area (Å²) in [5, 5.41) is 12.2. The van der Waals surface area contributed by atoms with E-state index in [0.29, 0.717) is 26.9 Å². The van der Waals surface area contributed by atoms with Gasteiger partial charge in [0.2, 0.25) is 0 Å². The highest BCUT2D eigenvalue weighted by molar-refractivity contribution is 6.36. The first kappa shape index (κ1) is 14.4. The molecule has 2 aromatic rings. The molecule has 20 heavy (non-hydrogen) atoms. The molecule has 0 aliphatic heterocycles. The minimum absolute atomic E-state index is 0.307. The van der Waals surface area contributed by atoms with Crippen LogP contribution in [0.1, 0.15) is 21.5 Å². The van der Waals surface area contributed by atoms with Crippen LogP contribution in [0.4, 0.5) is 5.69 Å². The fourth-order valence-corrected chi connectivity index (χ4v) is 2.14. The standard InChI is InChI=1S/C15H10Cl2N2O/c1-9-3-2-4-11(14(9)17)15(20)19-13-6-5-10(8-18)7-12(13)16/h2-7H,1H3,(H,19,20). The van der Waals surface area contributed by atoms with Crippen LogP contribution in [0.15, 0.2) is 36.4 Å². The summed E-state index contributed by atoms with van der Waals surface area (Å²) in [5.41, 5.74) is 2.08. The summed E-state index contributed by atoms with van der Waals surface area (Å²) in [7, 11) is 0.